The van der Waals surface area contributed by atoms with Gasteiger partial charge in [-0.3, -0.25) is 4.79 Å². The third kappa shape index (κ3) is 3.04. The summed E-state index contributed by atoms with van der Waals surface area (Å²) in [4.78, 5) is 12.3. The van der Waals surface area contributed by atoms with Crippen LogP contribution in [0.15, 0.2) is 0 Å². The third-order valence-corrected chi connectivity index (χ3v) is 4.75. The zero-order valence-corrected chi connectivity index (χ0v) is 11.2. The second kappa shape index (κ2) is 6.02. The zero-order valence-electron chi connectivity index (χ0n) is 11.2. The van der Waals surface area contributed by atoms with Gasteiger partial charge in [0.05, 0.1) is 11.5 Å². The van der Waals surface area contributed by atoms with Crippen molar-refractivity contribution in [2.75, 3.05) is 13.1 Å². The summed E-state index contributed by atoms with van der Waals surface area (Å²) in [6, 6.07) is 0. The zero-order chi connectivity index (χ0) is 13.0. The molecule has 2 aliphatic carbocycles. The van der Waals surface area contributed by atoms with Crippen LogP contribution in [0.4, 0.5) is 0 Å². The van der Waals surface area contributed by atoms with Crippen molar-refractivity contribution in [1.82, 2.24) is 5.32 Å². The molecule has 2 unspecified atom stereocenters. The number of nitrogens with one attached hydrogen (secondary N) is 1. The Kier molecular flexibility index (Phi) is 4.62. The van der Waals surface area contributed by atoms with Crippen LogP contribution in [0, 0.1) is 11.3 Å². The molecule has 4 heteroatoms. The Morgan fingerprint density at radius 2 is 2.00 bits per heavy atom. The lowest BCUT2D eigenvalue weighted by Crippen LogP contribution is -2.48. The van der Waals surface area contributed by atoms with E-state index in [0.29, 0.717) is 19.0 Å². The first-order valence-corrected chi connectivity index (χ1v) is 7.33. The summed E-state index contributed by atoms with van der Waals surface area (Å²) in [5.41, 5.74) is 5.53. The van der Waals surface area contributed by atoms with Crippen molar-refractivity contribution >= 4 is 5.91 Å². The highest BCUT2D eigenvalue weighted by atomic mass is 16.3. The first kappa shape index (κ1) is 13.8. The summed E-state index contributed by atoms with van der Waals surface area (Å²) in [6.45, 7) is 1.17. The van der Waals surface area contributed by atoms with Crippen LogP contribution in [0.2, 0.25) is 0 Å². The smallest absolute Gasteiger partial charge is 0.227 e. The highest BCUT2D eigenvalue weighted by molar-refractivity contribution is 5.83. The SMILES string of the molecule is NCC1(C(=O)NCC2CCC(O)C2)CCCCC1. The molecule has 104 valence electrons. The molecule has 0 bridgehead atoms. The van der Waals surface area contributed by atoms with Crippen LogP contribution in [0.1, 0.15) is 51.4 Å². The molecule has 0 spiro atoms. The van der Waals surface area contributed by atoms with E-state index >= 15 is 0 Å². The van der Waals surface area contributed by atoms with Crippen molar-refractivity contribution in [3.8, 4) is 0 Å². The number of carbonyl (C=O) groups excluding carboxylic acids is 1. The lowest BCUT2D eigenvalue weighted by Gasteiger charge is -2.35. The van der Waals surface area contributed by atoms with E-state index in [2.05, 4.69) is 5.32 Å². The Labute approximate surface area is 109 Å². The van der Waals surface area contributed by atoms with Crippen molar-refractivity contribution in [3.05, 3.63) is 0 Å². The van der Waals surface area contributed by atoms with Gasteiger partial charge in [-0.05, 0) is 38.0 Å². The van der Waals surface area contributed by atoms with E-state index in [0.717, 1.165) is 44.9 Å². The number of rotatable bonds is 4. The second-order valence-electron chi connectivity index (χ2n) is 6.09. The first-order valence-electron chi connectivity index (χ1n) is 7.33. The summed E-state index contributed by atoms with van der Waals surface area (Å²) in [5, 5.41) is 12.6. The molecule has 0 saturated heterocycles. The van der Waals surface area contributed by atoms with E-state index < -0.39 is 0 Å². The van der Waals surface area contributed by atoms with E-state index in [9.17, 15) is 9.90 Å². The lowest BCUT2D eigenvalue weighted by atomic mass is 9.73. The molecule has 18 heavy (non-hydrogen) atoms. The first-order chi connectivity index (χ1) is 8.66. The van der Waals surface area contributed by atoms with Crippen LogP contribution >= 0.6 is 0 Å². The van der Waals surface area contributed by atoms with Gasteiger partial charge >= 0.3 is 0 Å². The predicted molar refractivity (Wildman–Crippen MR) is 70.9 cm³/mol. The summed E-state index contributed by atoms with van der Waals surface area (Å²) < 4.78 is 0. The topological polar surface area (TPSA) is 75.4 Å². The van der Waals surface area contributed by atoms with E-state index in [1.807, 2.05) is 0 Å². The largest absolute Gasteiger partial charge is 0.393 e. The van der Waals surface area contributed by atoms with Crippen molar-refractivity contribution in [2.24, 2.45) is 17.1 Å². The lowest BCUT2D eigenvalue weighted by molar-refractivity contribution is -0.132. The van der Waals surface area contributed by atoms with Gasteiger partial charge in [-0.15, -0.1) is 0 Å². The van der Waals surface area contributed by atoms with E-state index in [4.69, 9.17) is 5.73 Å². The quantitative estimate of drug-likeness (QED) is 0.705. The van der Waals surface area contributed by atoms with Crippen LogP contribution in [0.3, 0.4) is 0 Å². The normalized spacial score (nSPS) is 31.2. The maximum Gasteiger partial charge on any atom is 0.227 e. The van der Waals surface area contributed by atoms with E-state index in [-0.39, 0.29) is 17.4 Å². The summed E-state index contributed by atoms with van der Waals surface area (Å²) in [7, 11) is 0. The molecule has 1 amide bonds. The molecule has 2 saturated carbocycles. The van der Waals surface area contributed by atoms with Crippen molar-refractivity contribution < 1.29 is 9.90 Å². The highest BCUT2D eigenvalue weighted by Crippen LogP contribution is 2.35. The molecular formula is C14H26N2O2. The number of nitrogens with two attached hydrogens (primary N) is 1. The number of amides is 1. The Hall–Kier alpha value is -0.610. The van der Waals surface area contributed by atoms with Gasteiger partial charge in [0.25, 0.3) is 0 Å². The van der Waals surface area contributed by atoms with Gasteiger partial charge in [0, 0.05) is 13.1 Å². The average molecular weight is 254 g/mol. The maximum atomic E-state index is 12.3. The van der Waals surface area contributed by atoms with Gasteiger partial charge in [-0.2, -0.15) is 0 Å². The monoisotopic (exact) mass is 254 g/mol. The fourth-order valence-electron chi connectivity index (χ4n) is 3.41. The fraction of sp³-hybridized carbons (Fsp3) is 0.929. The van der Waals surface area contributed by atoms with Gasteiger partial charge in [0.1, 0.15) is 0 Å². The van der Waals surface area contributed by atoms with Crippen LogP contribution < -0.4 is 11.1 Å². The Morgan fingerprint density at radius 1 is 1.28 bits per heavy atom. The van der Waals surface area contributed by atoms with E-state index in [1.165, 1.54) is 6.42 Å². The molecular weight excluding hydrogens is 228 g/mol. The summed E-state index contributed by atoms with van der Waals surface area (Å²) in [5.74, 6) is 0.591. The second-order valence-corrected chi connectivity index (χ2v) is 6.09. The molecule has 2 atom stereocenters. The predicted octanol–water partition coefficient (Wildman–Crippen LogP) is 1.17. The fourth-order valence-corrected chi connectivity index (χ4v) is 3.41. The van der Waals surface area contributed by atoms with Gasteiger partial charge in [0.15, 0.2) is 0 Å². The third-order valence-electron chi connectivity index (χ3n) is 4.75. The van der Waals surface area contributed by atoms with Gasteiger partial charge < -0.3 is 16.2 Å². The minimum Gasteiger partial charge on any atom is -0.393 e. The summed E-state index contributed by atoms with van der Waals surface area (Å²) in [6.07, 6.45) is 7.90. The van der Waals surface area contributed by atoms with Crippen molar-refractivity contribution in [3.63, 3.8) is 0 Å². The van der Waals surface area contributed by atoms with Crippen LogP contribution in [0.25, 0.3) is 0 Å². The highest BCUT2D eigenvalue weighted by Gasteiger charge is 2.38. The molecule has 0 heterocycles. The Morgan fingerprint density at radius 3 is 2.56 bits per heavy atom. The average Bonchev–Trinajstić information content (AvgIpc) is 2.82. The molecule has 0 aliphatic heterocycles. The maximum absolute atomic E-state index is 12.3. The molecule has 0 radical (unpaired) electrons. The number of hydrogen-bond donors (Lipinski definition) is 3. The molecule has 0 aromatic heterocycles. The minimum atomic E-state index is -0.310. The Balaban J connectivity index is 1.82. The standard InChI is InChI=1S/C14H26N2O2/c15-10-14(6-2-1-3-7-14)13(18)16-9-11-4-5-12(17)8-11/h11-12,17H,1-10,15H2,(H,16,18). The van der Waals surface area contributed by atoms with Gasteiger partial charge in [0.2, 0.25) is 5.91 Å². The number of aliphatic hydroxyl groups excluding tert-OH is 1. The van der Waals surface area contributed by atoms with Gasteiger partial charge in [-0.25, -0.2) is 0 Å². The van der Waals surface area contributed by atoms with Crippen molar-refractivity contribution in [1.29, 1.82) is 0 Å². The van der Waals surface area contributed by atoms with Crippen LogP contribution in [-0.4, -0.2) is 30.2 Å². The molecule has 2 rings (SSSR count). The van der Waals surface area contributed by atoms with Crippen LogP contribution in [0.5, 0.6) is 0 Å². The molecule has 4 N–H and O–H groups in total. The minimum absolute atomic E-state index is 0.145. The molecule has 2 aliphatic rings. The molecule has 0 aromatic rings. The molecule has 4 nitrogen and oxygen atoms in total. The Bertz CT molecular complexity index is 288. The van der Waals surface area contributed by atoms with E-state index in [1.54, 1.807) is 0 Å². The van der Waals surface area contributed by atoms with Crippen molar-refractivity contribution in [2.45, 2.75) is 57.5 Å². The molecule has 2 fully saturated rings. The number of hydrogen-bond acceptors (Lipinski definition) is 3. The summed E-state index contributed by atoms with van der Waals surface area (Å²) >= 11 is 0. The van der Waals surface area contributed by atoms with Crippen LogP contribution in [-0.2, 0) is 4.79 Å². The number of aliphatic hydroxyl groups is 1. The number of carbonyl (C=O) groups is 1. The molecule has 0 aromatic carbocycles. The van der Waals surface area contributed by atoms with Gasteiger partial charge in [-0.1, -0.05) is 19.3 Å².